The van der Waals surface area contributed by atoms with Crippen LogP contribution in [0.3, 0.4) is 0 Å². The highest BCUT2D eigenvalue weighted by Gasteiger charge is 2.10. The first-order valence-electron chi connectivity index (χ1n) is 7.00. The first-order valence-corrected chi connectivity index (χ1v) is 7.88. The lowest BCUT2D eigenvalue weighted by molar-refractivity contribution is 0.475. The van der Waals surface area contributed by atoms with E-state index in [-0.39, 0.29) is 5.75 Å². The molecule has 3 aromatic rings. The third-order valence-corrected chi connectivity index (χ3v) is 3.84. The van der Waals surface area contributed by atoms with Gasteiger partial charge in [-0.1, -0.05) is 0 Å². The molecule has 0 aliphatic carbocycles. The molecule has 0 radical (unpaired) electrons. The van der Waals surface area contributed by atoms with Crippen LogP contribution in [0.25, 0.3) is 11.3 Å². The molecule has 0 atom stereocenters. The van der Waals surface area contributed by atoms with Gasteiger partial charge >= 0.3 is 0 Å². The van der Waals surface area contributed by atoms with Crippen LogP contribution in [-0.4, -0.2) is 15.1 Å². The van der Waals surface area contributed by atoms with Crippen LogP contribution in [0, 0.1) is 11.3 Å². The van der Waals surface area contributed by atoms with Gasteiger partial charge in [0.2, 0.25) is 5.95 Å². The van der Waals surface area contributed by atoms with Crippen molar-refractivity contribution in [3.63, 3.8) is 0 Å². The van der Waals surface area contributed by atoms with Crippen LogP contribution < -0.4 is 10.5 Å². The topological polar surface area (TPSA) is 108 Å². The second-order valence-electron chi connectivity index (χ2n) is 4.88. The Morgan fingerprint density at radius 3 is 2.42 bits per heavy atom. The molecule has 0 bridgehead atoms. The van der Waals surface area contributed by atoms with Gasteiger partial charge in [0.1, 0.15) is 11.8 Å². The van der Waals surface area contributed by atoms with Crippen LogP contribution in [0.5, 0.6) is 5.75 Å². The quantitative estimate of drug-likeness (QED) is 0.627. The van der Waals surface area contributed by atoms with E-state index in [0.29, 0.717) is 17.2 Å². The second kappa shape index (κ2) is 7.00. The zero-order valence-electron chi connectivity index (χ0n) is 12.5. The molecule has 0 saturated heterocycles. The smallest absolute Gasteiger partial charge is 0.227 e. The molecular formula is C17H13N5OS. The van der Waals surface area contributed by atoms with Gasteiger partial charge < -0.3 is 10.4 Å². The van der Waals surface area contributed by atoms with Crippen molar-refractivity contribution in [2.24, 2.45) is 5.14 Å². The Hall–Kier alpha value is -3.08. The monoisotopic (exact) mass is 335 g/mol. The summed E-state index contributed by atoms with van der Waals surface area (Å²) in [5, 5.41) is 27.3. The summed E-state index contributed by atoms with van der Waals surface area (Å²) in [6.45, 7) is 0. The summed E-state index contributed by atoms with van der Waals surface area (Å²) in [4.78, 5) is 9.54. The zero-order chi connectivity index (χ0) is 16.9. The van der Waals surface area contributed by atoms with E-state index in [9.17, 15) is 10.4 Å². The number of rotatable bonds is 4. The number of phenols is 1. The molecule has 118 valence electrons. The summed E-state index contributed by atoms with van der Waals surface area (Å²) in [6.07, 6.45) is 1.47. The number of nitrogens with one attached hydrogen (secondary N) is 1. The van der Waals surface area contributed by atoms with E-state index in [2.05, 4.69) is 21.4 Å². The fraction of sp³-hybridized carbons (Fsp3) is 0. The molecule has 6 nitrogen and oxygen atoms in total. The third kappa shape index (κ3) is 3.46. The normalized spacial score (nSPS) is 10.2. The predicted octanol–water partition coefficient (Wildman–Crippen LogP) is 3.43. The number of nitriles is 1. The van der Waals surface area contributed by atoms with Gasteiger partial charge in [-0.15, -0.1) is 0 Å². The lowest BCUT2D eigenvalue weighted by Crippen LogP contribution is -2.00. The molecule has 0 aliphatic rings. The highest BCUT2D eigenvalue weighted by atomic mass is 32.2. The molecule has 1 aromatic heterocycles. The maximum absolute atomic E-state index is 9.40. The Morgan fingerprint density at radius 2 is 1.79 bits per heavy atom. The molecule has 0 unspecified atom stereocenters. The van der Waals surface area contributed by atoms with Gasteiger partial charge in [0.25, 0.3) is 0 Å². The van der Waals surface area contributed by atoms with E-state index in [1.165, 1.54) is 18.1 Å². The average Bonchev–Trinajstić information content (AvgIpc) is 2.63. The van der Waals surface area contributed by atoms with Gasteiger partial charge in [-0.25, -0.2) is 9.97 Å². The van der Waals surface area contributed by atoms with Gasteiger partial charge in [-0.3, -0.25) is 5.14 Å². The summed E-state index contributed by atoms with van der Waals surface area (Å²) in [5.41, 5.74) is 2.41. The number of anilines is 2. The number of hydrogen-bond donors (Lipinski definition) is 3. The number of phenolic OH excluding ortho intramolecular Hbond substituents is 1. The lowest BCUT2D eigenvalue weighted by Gasteiger charge is -2.08. The van der Waals surface area contributed by atoms with Crippen molar-refractivity contribution in [3.8, 4) is 23.1 Å². The standard InChI is InChI=1S/C17H13N5OS/c18-9-12-10-20-17(21-13-3-7-15(24-19)8-4-13)22-16(12)11-1-5-14(23)6-2-11/h1-8,10,23H,19H2,(H,20,21,22). The minimum absolute atomic E-state index is 0.155. The Morgan fingerprint density at radius 1 is 1.08 bits per heavy atom. The number of benzene rings is 2. The largest absolute Gasteiger partial charge is 0.508 e. The highest BCUT2D eigenvalue weighted by molar-refractivity contribution is 7.97. The van der Waals surface area contributed by atoms with Gasteiger partial charge in [0.15, 0.2) is 0 Å². The van der Waals surface area contributed by atoms with Crippen molar-refractivity contribution in [3.05, 3.63) is 60.3 Å². The summed E-state index contributed by atoms with van der Waals surface area (Å²) in [6, 6.07) is 16.1. The molecule has 2 aromatic carbocycles. The van der Waals surface area contributed by atoms with E-state index in [0.717, 1.165) is 16.1 Å². The Kier molecular flexibility index (Phi) is 4.61. The first kappa shape index (κ1) is 15.8. The van der Waals surface area contributed by atoms with Crippen LogP contribution in [-0.2, 0) is 0 Å². The van der Waals surface area contributed by atoms with E-state index in [1.807, 2.05) is 24.3 Å². The Bertz CT molecular complexity index is 888. The summed E-state index contributed by atoms with van der Waals surface area (Å²) in [5.74, 6) is 0.535. The van der Waals surface area contributed by atoms with E-state index in [1.54, 1.807) is 24.3 Å². The van der Waals surface area contributed by atoms with Crippen molar-refractivity contribution in [1.29, 1.82) is 5.26 Å². The SMILES string of the molecule is N#Cc1cnc(Nc2ccc(SN)cc2)nc1-c1ccc(O)cc1. The van der Waals surface area contributed by atoms with Crippen LogP contribution in [0.1, 0.15) is 5.56 Å². The maximum Gasteiger partial charge on any atom is 0.227 e. The Labute approximate surface area is 143 Å². The molecule has 0 amide bonds. The molecule has 0 spiro atoms. The number of nitrogens with two attached hydrogens (primary N) is 1. The number of hydrogen-bond acceptors (Lipinski definition) is 7. The van der Waals surface area contributed by atoms with Gasteiger partial charge in [-0.2, -0.15) is 5.26 Å². The maximum atomic E-state index is 9.40. The third-order valence-electron chi connectivity index (χ3n) is 3.30. The van der Waals surface area contributed by atoms with Crippen LogP contribution >= 0.6 is 11.9 Å². The predicted molar refractivity (Wildman–Crippen MR) is 93.6 cm³/mol. The first-order chi connectivity index (χ1) is 11.7. The van der Waals surface area contributed by atoms with Crippen LogP contribution in [0.15, 0.2) is 59.6 Å². The lowest BCUT2D eigenvalue weighted by atomic mass is 10.1. The minimum Gasteiger partial charge on any atom is -0.508 e. The second-order valence-corrected chi connectivity index (χ2v) is 5.59. The average molecular weight is 335 g/mol. The fourth-order valence-corrected chi connectivity index (χ4v) is 2.40. The molecule has 4 N–H and O–H groups in total. The number of nitrogens with zero attached hydrogens (tertiary/aromatic N) is 3. The minimum atomic E-state index is 0.155. The molecular weight excluding hydrogens is 322 g/mol. The van der Waals surface area contributed by atoms with Crippen LogP contribution in [0.2, 0.25) is 0 Å². The molecule has 7 heteroatoms. The molecule has 0 saturated carbocycles. The molecule has 0 fully saturated rings. The van der Waals surface area contributed by atoms with E-state index >= 15 is 0 Å². The number of aromatic hydroxyl groups is 1. The summed E-state index contributed by atoms with van der Waals surface area (Å²) in [7, 11) is 0. The van der Waals surface area contributed by atoms with Crippen molar-refractivity contribution < 1.29 is 5.11 Å². The highest BCUT2D eigenvalue weighted by Crippen LogP contribution is 2.25. The number of aromatic nitrogens is 2. The molecule has 0 aliphatic heterocycles. The zero-order valence-corrected chi connectivity index (χ0v) is 13.3. The molecule has 24 heavy (non-hydrogen) atoms. The van der Waals surface area contributed by atoms with Gasteiger partial charge in [-0.05, 0) is 60.5 Å². The summed E-state index contributed by atoms with van der Waals surface area (Å²) < 4.78 is 0. The van der Waals surface area contributed by atoms with Crippen molar-refractivity contribution in [2.75, 3.05) is 5.32 Å². The van der Waals surface area contributed by atoms with Gasteiger partial charge in [0, 0.05) is 16.1 Å². The van der Waals surface area contributed by atoms with Crippen molar-refractivity contribution >= 4 is 23.6 Å². The molecule has 3 rings (SSSR count). The molecule has 1 heterocycles. The fourth-order valence-electron chi connectivity index (χ4n) is 2.11. The van der Waals surface area contributed by atoms with Crippen molar-refractivity contribution in [1.82, 2.24) is 9.97 Å². The van der Waals surface area contributed by atoms with Crippen LogP contribution in [0.4, 0.5) is 11.6 Å². The van der Waals surface area contributed by atoms with Crippen molar-refractivity contribution in [2.45, 2.75) is 4.90 Å². The van der Waals surface area contributed by atoms with Gasteiger partial charge in [0.05, 0.1) is 17.5 Å². The van der Waals surface area contributed by atoms with E-state index < -0.39 is 0 Å². The summed E-state index contributed by atoms with van der Waals surface area (Å²) >= 11 is 1.17. The Balaban J connectivity index is 1.93. The van der Waals surface area contributed by atoms with E-state index in [4.69, 9.17) is 5.14 Å².